The minimum Gasteiger partial charge on any atom is -0.461 e. The molecule has 0 N–H and O–H groups in total. The molecule has 1 heteroatoms. The molecule has 0 amide bonds. The molecule has 1 heterocycles. The normalized spacial score (nSPS) is 9.20. The van der Waals surface area contributed by atoms with Crippen molar-refractivity contribution in [1.29, 1.82) is 0 Å². The molecule has 1 nitrogen and oxygen atoms in total. The predicted octanol–water partition coefficient (Wildman–Crippen LogP) is 2.45. The zero-order valence-corrected chi connectivity index (χ0v) is 5.71. The van der Waals surface area contributed by atoms with E-state index in [-0.39, 0.29) is 0 Å². The van der Waals surface area contributed by atoms with Crippen molar-refractivity contribution in [3.63, 3.8) is 0 Å². The molecule has 0 aliphatic carbocycles. The molecule has 0 aliphatic heterocycles. The Labute approximate surface area is 60.7 Å². The maximum Gasteiger partial charge on any atom is 0.127 e. The van der Waals surface area contributed by atoms with Crippen LogP contribution in [0, 0.1) is 6.58 Å². The summed E-state index contributed by atoms with van der Waals surface area (Å²) in [4.78, 5) is 0. The molecule has 0 atom stereocenters. The summed E-state index contributed by atoms with van der Waals surface area (Å²) in [6, 6.07) is 3.72. The Morgan fingerprint density at radius 1 is 1.60 bits per heavy atom. The Balaban J connectivity index is 2.77. The molecule has 0 aliphatic rings. The van der Waals surface area contributed by atoms with Gasteiger partial charge in [-0.3, -0.25) is 0 Å². The number of rotatable bonds is 3. The van der Waals surface area contributed by atoms with Crippen molar-refractivity contribution in [1.82, 2.24) is 0 Å². The predicted molar refractivity (Wildman–Crippen MR) is 41.4 cm³/mol. The molecule has 0 unspecified atom stereocenters. The molecule has 0 aromatic carbocycles. The van der Waals surface area contributed by atoms with Gasteiger partial charge in [-0.05, 0) is 18.2 Å². The fourth-order valence-corrected chi connectivity index (χ4v) is 0.736. The van der Waals surface area contributed by atoms with Crippen molar-refractivity contribution in [3.8, 4) is 0 Å². The van der Waals surface area contributed by atoms with Gasteiger partial charge in [-0.15, -0.1) is 6.58 Å². The van der Waals surface area contributed by atoms with Crippen molar-refractivity contribution < 1.29 is 4.42 Å². The van der Waals surface area contributed by atoms with Gasteiger partial charge in [-0.1, -0.05) is 12.7 Å². The lowest BCUT2D eigenvalue weighted by Gasteiger charge is -1.85. The van der Waals surface area contributed by atoms with E-state index in [1.54, 1.807) is 6.08 Å². The average molecular weight is 133 g/mol. The van der Waals surface area contributed by atoms with Crippen LogP contribution in [0.15, 0.2) is 29.2 Å². The van der Waals surface area contributed by atoms with Crippen LogP contribution in [0.2, 0.25) is 0 Å². The summed E-state index contributed by atoms with van der Waals surface area (Å²) in [5, 5.41) is 0. The van der Waals surface area contributed by atoms with Crippen molar-refractivity contribution in [2.75, 3.05) is 0 Å². The monoisotopic (exact) mass is 133 g/mol. The summed E-state index contributed by atoms with van der Waals surface area (Å²) in [6.45, 7) is 8.80. The van der Waals surface area contributed by atoms with Crippen LogP contribution in [-0.2, 0) is 6.42 Å². The fraction of sp³-hybridized carbons (Fsp3) is 0.111. The third-order valence-electron chi connectivity index (χ3n) is 1.19. The maximum atomic E-state index is 5.22. The first-order valence-electron chi connectivity index (χ1n) is 3.11. The molecule has 1 rings (SSSR count). The molecular formula is C9H9O. The largest absolute Gasteiger partial charge is 0.461 e. The van der Waals surface area contributed by atoms with Gasteiger partial charge in [0.2, 0.25) is 0 Å². The average Bonchev–Trinajstić information content (AvgIpc) is 2.37. The molecule has 0 spiro atoms. The summed E-state index contributed by atoms with van der Waals surface area (Å²) in [6.07, 6.45) is 3.99. The van der Waals surface area contributed by atoms with Gasteiger partial charge in [0.05, 0.1) is 0 Å². The molecule has 0 fully saturated rings. The molecule has 0 bridgehead atoms. The zero-order chi connectivity index (χ0) is 7.40. The van der Waals surface area contributed by atoms with Gasteiger partial charge < -0.3 is 4.42 Å². The first-order valence-corrected chi connectivity index (χ1v) is 3.11. The van der Waals surface area contributed by atoms with E-state index in [1.165, 1.54) is 6.08 Å². The Morgan fingerprint density at radius 3 is 2.90 bits per heavy atom. The Hall–Kier alpha value is -1.24. The van der Waals surface area contributed by atoms with Crippen molar-refractivity contribution >= 4 is 6.08 Å². The standard InChI is InChI=1S/C9H9O/c1-3-5-9-7-6-8(4-2)10-9/h2-4,6-7H,1,5H2. The minimum absolute atomic E-state index is 0.705. The van der Waals surface area contributed by atoms with Crippen molar-refractivity contribution in [2.24, 2.45) is 0 Å². The molecule has 0 saturated heterocycles. The molecular weight excluding hydrogens is 124 g/mol. The Kier molecular flexibility index (Phi) is 2.11. The summed E-state index contributed by atoms with van der Waals surface area (Å²) in [5.41, 5.74) is 0. The van der Waals surface area contributed by atoms with Crippen LogP contribution in [0.5, 0.6) is 0 Å². The van der Waals surface area contributed by atoms with Gasteiger partial charge >= 0.3 is 0 Å². The van der Waals surface area contributed by atoms with Gasteiger partial charge in [0, 0.05) is 6.42 Å². The highest BCUT2D eigenvalue weighted by Gasteiger charge is 1.94. The highest BCUT2D eigenvalue weighted by Crippen LogP contribution is 2.08. The summed E-state index contributed by atoms with van der Waals surface area (Å²) in [5.74, 6) is 1.60. The summed E-state index contributed by atoms with van der Waals surface area (Å²) in [7, 11) is 0. The van der Waals surface area contributed by atoms with Gasteiger partial charge in [0.15, 0.2) is 0 Å². The van der Waals surface area contributed by atoms with E-state index in [4.69, 9.17) is 11.0 Å². The van der Waals surface area contributed by atoms with Crippen LogP contribution >= 0.6 is 0 Å². The second kappa shape index (κ2) is 3.06. The highest BCUT2D eigenvalue weighted by molar-refractivity contribution is 5.38. The maximum absolute atomic E-state index is 5.22. The van der Waals surface area contributed by atoms with E-state index >= 15 is 0 Å². The first-order chi connectivity index (χ1) is 4.86. The van der Waals surface area contributed by atoms with E-state index in [0.717, 1.165) is 12.2 Å². The molecule has 1 aromatic heterocycles. The summed E-state index contributed by atoms with van der Waals surface area (Å²) >= 11 is 0. The van der Waals surface area contributed by atoms with Crippen LogP contribution in [-0.4, -0.2) is 0 Å². The van der Waals surface area contributed by atoms with Crippen molar-refractivity contribution in [2.45, 2.75) is 6.42 Å². The lowest BCUT2D eigenvalue weighted by atomic mass is 10.3. The number of allylic oxidation sites excluding steroid dienone is 1. The topological polar surface area (TPSA) is 13.1 Å². The lowest BCUT2D eigenvalue weighted by Crippen LogP contribution is -1.70. The molecule has 10 heavy (non-hydrogen) atoms. The quantitative estimate of drug-likeness (QED) is 0.577. The Morgan fingerprint density at radius 2 is 2.40 bits per heavy atom. The van der Waals surface area contributed by atoms with E-state index in [9.17, 15) is 0 Å². The van der Waals surface area contributed by atoms with Gasteiger partial charge in [-0.25, -0.2) is 0 Å². The van der Waals surface area contributed by atoms with E-state index in [1.807, 2.05) is 12.1 Å². The number of furan rings is 1. The van der Waals surface area contributed by atoms with E-state index in [2.05, 4.69) is 6.58 Å². The Bertz CT molecular complexity index is 233. The zero-order valence-electron chi connectivity index (χ0n) is 5.71. The minimum atomic E-state index is 0.705. The van der Waals surface area contributed by atoms with Crippen LogP contribution in [0.25, 0.3) is 6.08 Å². The lowest BCUT2D eigenvalue weighted by molar-refractivity contribution is 0.514. The first kappa shape index (κ1) is 6.87. The van der Waals surface area contributed by atoms with Crippen LogP contribution in [0.3, 0.4) is 0 Å². The smallest absolute Gasteiger partial charge is 0.127 e. The van der Waals surface area contributed by atoms with E-state index < -0.39 is 0 Å². The van der Waals surface area contributed by atoms with E-state index in [0.29, 0.717) is 5.76 Å². The summed E-state index contributed by atoms with van der Waals surface area (Å²) < 4.78 is 5.22. The third-order valence-corrected chi connectivity index (χ3v) is 1.19. The number of hydrogen-bond acceptors (Lipinski definition) is 1. The van der Waals surface area contributed by atoms with Gasteiger partial charge in [0.1, 0.15) is 11.5 Å². The molecule has 1 radical (unpaired) electrons. The molecule has 0 saturated carbocycles. The SMILES string of the molecule is [CH]=Cc1ccc(CC=C)o1. The second-order valence-electron chi connectivity index (χ2n) is 1.96. The van der Waals surface area contributed by atoms with Crippen LogP contribution in [0.4, 0.5) is 0 Å². The molecule has 1 aromatic rings. The second-order valence-corrected chi connectivity index (χ2v) is 1.96. The van der Waals surface area contributed by atoms with Crippen LogP contribution < -0.4 is 0 Å². The van der Waals surface area contributed by atoms with Crippen LogP contribution in [0.1, 0.15) is 11.5 Å². The van der Waals surface area contributed by atoms with Gasteiger partial charge in [-0.2, -0.15) is 0 Å². The molecule has 51 valence electrons. The fourth-order valence-electron chi connectivity index (χ4n) is 0.736. The van der Waals surface area contributed by atoms with Gasteiger partial charge in [0.25, 0.3) is 0 Å². The third kappa shape index (κ3) is 1.38. The number of hydrogen-bond donors (Lipinski definition) is 0. The van der Waals surface area contributed by atoms with Crippen molar-refractivity contribution in [3.05, 3.63) is 42.9 Å². The highest BCUT2D eigenvalue weighted by atomic mass is 16.3.